The highest BCUT2D eigenvalue weighted by atomic mass is 16.3. The number of hydrogen-bond acceptors (Lipinski definition) is 3. The summed E-state index contributed by atoms with van der Waals surface area (Å²) >= 11 is 0. The van der Waals surface area contributed by atoms with Crippen molar-refractivity contribution in [1.82, 2.24) is 4.90 Å². The quantitative estimate of drug-likeness (QED) is 0.654. The van der Waals surface area contributed by atoms with Gasteiger partial charge in [0.15, 0.2) is 0 Å². The third kappa shape index (κ3) is 2.42. The number of rotatable bonds is 3. The fraction of sp³-hybridized carbons (Fsp3) is 1.00. The zero-order chi connectivity index (χ0) is 9.26. The summed E-state index contributed by atoms with van der Waals surface area (Å²) in [5.74, 6) is 1.00. The lowest BCUT2D eigenvalue weighted by Gasteiger charge is -2.35. The molecule has 2 unspecified atom stereocenters. The maximum Gasteiger partial charge on any atom is 0.0614 e. The van der Waals surface area contributed by atoms with Gasteiger partial charge in [0.2, 0.25) is 0 Å². The molecule has 0 bridgehead atoms. The van der Waals surface area contributed by atoms with Crippen LogP contribution in [0.5, 0.6) is 0 Å². The summed E-state index contributed by atoms with van der Waals surface area (Å²) in [6, 6.07) is 0. The summed E-state index contributed by atoms with van der Waals surface area (Å²) < 4.78 is 0. The molecule has 2 fully saturated rings. The van der Waals surface area contributed by atoms with E-state index >= 15 is 0 Å². The van der Waals surface area contributed by atoms with E-state index in [1.54, 1.807) is 0 Å². The standard InChI is InChI=1S/C10H19NO2/c12-7-9-6-11(4-3-10(9)13)5-8-1-2-8/h8-10,12-13H,1-7H2. The first-order valence-electron chi connectivity index (χ1n) is 5.31. The molecule has 1 aliphatic heterocycles. The Kier molecular flexibility index (Phi) is 2.86. The van der Waals surface area contributed by atoms with Gasteiger partial charge in [-0.05, 0) is 25.2 Å². The summed E-state index contributed by atoms with van der Waals surface area (Å²) in [6.07, 6.45) is 3.31. The lowest BCUT2D eigenvalue weighted by atomic mass is 9.95. The number of piperidine rings is 1. The van der Waals surface area contributed by atoms with Crippen molar-refractivity contribution in [2.75, 3.05) is 26.2 Å². The van der Waals surface area contributed by atoms with Crippen LogP contribution in [0.15, 0.2) is 0 Å². The summed E-state index contributed by atoms with van der Waals surface area (Å²) in [5, 5.41) is 18.6. The molecule has 0 spiro atoms. The van der Waals surface area contributed by atoms with Crippen LogP contribution in [0.2, 0.25) is 0 Å². The average molecular weight is 185 g/mol. The highest BCUT2D eigenvalue weighted by Crippen LogP contribution is 2.31. The Labute approximate surface area is 79.4 Å². The molecular formula is C10H19NO2. The van der Waals surface area contributed by atoms with Crippen LogP contribution in [0, 0.1) is 11.8 Å². The number of aliphatic hydroxyl groups excluding tert-OH is 2. The zero-order valence-corrected chi connectivity index (χ0v) is 8.02. The molecule has 76 valence electrons. The molecule has 0 aromatic heterocycles. The predicted molar refractivity (Wildman–Crippen MR) is 50.4 cm³/mol. The summed E-state index contributed by atoms with van der Waals surface area (Å²) in [7, 11) is 0. The molecule has 13 heavy (non-hydrogen) atoms. The normalized spacial score (nSPS) is 36.5. The molecular weight excluding hydrogens is 166 g/mol. The first kappa shape index (κ1) is 9.44. The second-order valence-electron chi connectivity index (χ2n) is 4.50. The predicted octanol–water partition coefficient (Wildman–Crippen LogP) is 0.0715. The molecule has 0 amide bonds. The Balaban J connectivity index is 1.78. The third-order valence-corrected chi connectivity index (χ3v) is 3.23. The minimum absolute atomic E-state index is 0.0903. The van der Waals surface area contributed by atoms with Gasteiger partial charge in [-0.2, -0.15) is 0 Å². The smallest absolute Gasteiger partial charge is 0.0614 e. The van der Waals surface area contributed by atoms with Crippen molar-refractivity contribution in [3.8, 4) is 0 Å². The number of likely N-dealkylation sites (tertiary alicyclic amines) is 1. The fourth-order valence-electron chi connectivity index (χ4n) is 2.11. The van der Waals surface area contributed by atoms with Gasteiger partial charge in [-0.3, -0.25) is 0 Å². The van der Waals surface area contributed by atoms with Gasteiger partial charge in [-0.1, -0.05) is 0 Å². The number of aliphatic hydroxyl groups is 2. The zero-order valence-electron chi connectivity index (χ0n) is 8.02. The van der Waals surface area contributed by atoms with Crippen LogP contribution in [0.1, 0.15) is 19.3 Å². The fourth-order valence-corrected chi connectivity index (χ4v) is 2.11. The Morgan fingerprint density at radius 1 is 1.23 bits per heavy atom. The first-order valence-corrected chi connectivity index (χ1v) is 5.31. The summed E-state index contributed by atoms with van der Waals surface area (Å²) in [6.45, 7) is 3.20. The van der Waals surface area contributed by atoms with Crippen LogP contribution in [0.25, 0.3) is 0 Å². The van der Waals surface area contributed by atoms with Crippen LogP contribution in [-0.4, -0.2) is 47.5 Å². The van der Waals surface area contributed by atoms with Gasteiger partial charge in [-0.15, -0.1) is 0 Å². The van der Waals surface area contributed by atoms with E-state index in [-0.39, 0.29) is 18.6 Å². The summed E-state index contributed by atoms with van der Waals surface area (Å²) in [5.41, 5.74) is 0. The molecule has 3 nitrogen and oxygen atoms in total. The minimum Gasteiger partial charge on any atom is -0.396 e. The van der Waals surface area contributed by atoms with Crippen LogP contribution in [0.3, 0.4) is 0 Å². The van der Waals surface area contributed by atoms with E-state index in [1.807, 2.05) is 0 Å². The van der Waals surface area contributed by atoms with Crippen molar-refractivity contribution in [1.29, 1.82) is 0 Å². The van der Waals surface area contributed by atoms with Crippen LogP contribution in [0.4, 0.5) is 0 Å². The van der Waals surface area contributed by atoms with Crippen molar-refractivity contribution in [3.05, 3.63) is 0 Å². The van der Waals surface area contributed by atoms with Crippen LogP contribution in [-0.2, 0) is 0 Å². The van der Waals surface area contributed by atoms with Gasteiger partial charge in [0.1, 0.15) is 0 Å². The third-order valence-electron chi connectivity index (χ3n) is 3.23. The molecule has 3 heteroatoms. The maximum atomic E-state index is 9.55. The van der Waals surface area contributed by atoms with E-state index in [4.69, 9.17) is 5.11 Å². The molecule has 0 aromatic rings. The molecule has 2 aliphatic rings. The first-order chi connectivity index (χ1) is 6.29. The van der Waals surface area contributed by atoms with Crippen molar-refractivity contribution in [2.24, 2.45) is 11.8 Å². The summed E-state index contributed by atoms with van der Waals surface area (Å²) in [4.78, 5) is 2.39. The monoisotopic (exact) mass is 185 g/mol. The van der Waals surface area contributed by atoms with E-state index in [0.717, 1.165) is 25.4 Å². The van der Waals surface area contributed by atoms with Gasteiger partial charge >= 0.3 is 0 Å². The molecule has 0 radical (unpaired) electrons. The van der Waals surface area contributed by atoms with Gasteiger partial charge in [-0.25, -0.2) is 0 Å². The van der Waals surface area contributed by atoms with Crippen molar-refractivity contribution < 1.29 is 10.2 Å². The molecule has 1 aliphatic carbocycles. The lowest BCUT2D eigenvalue weighted by Crippen LogP contribution is -2.45. The Morgan fingerprint density at radius 3 is 2.62 bits per heavy atom. The Morgan fingerprint density at radius 2 is 2.00 bits per heavy atom. The van der Waals surface area contributed by atoms with Gasteiger partial charge in [0.25, 0.3) is 0 Å². The Hall–Kier alpha value is -0.120. The van der Waals surface area contributed by atoms with Crippen molar-refractivity contribution in [3.63, 3.8) is 0 Å². The highest BCUT2D eigenvalue weighted by molar-refractivity contribution is 4.84. The largest absolute Gasteiger partial charge is 0.396 e. The van der Waals surface area contributed by atoms with E-state index in [1.165, 1.54) is 19.4 Å². The van der Waals surface area contributed by atoms with Gasteiger partial charge in [0, 0.05) is 32.2 Å². The molecule has 1 saturated heterocycles. The molecule has 0 aromatic carbocycles. The van der Waals surface area contributed by atoms with Gasteiger partial charge in [0.05, 0.1) is 6.10 Å². The second kappa shape index (κ2) is 3.95. The van der Waals surface area contributed by atoms with Crippen molar-refractivity contribution in [2.45, 2.75) is 25.4 Å². The molecule has 1 saturated carbocycles. The topological polar surface area (TPSA) is 43.7 Å². The van der Waals surface area contributed by atoms with E-state index in [2.05, 4.69) is 4.90 Å². The number of nitrogens with zero attached hydrogens (tertiary/aromatic N) is 1. The van der Waals surface area contributed by atoms with E-state index in [9.17, 15) is 5.11 Å². The molecule has 1 heterocycles. The van der Waals surface area contributed by atoms with Gasteiger partial charge < -0.3 is 15.1 Å². The SMILES string of the molecule is OCC1CN(CC2CC2)CCC1O. The van der Waals surface area contributed by atoms with Crippen LogP contribution >= 0.6 is 0 Å². The molecule has 2 N–H and O–H groups in total. The van der Waals surface area contributed by atoms with E-state index in [0.29, 0.717) is 0 Å². The average Bonchev–Trinajstić information content (AvgIpc) is 2.92. The van der Waals surface area contributed by atoms with E-state index < -0.39 is 0 Å². The van der Waals surface area contributed by atoms with Crippen LogP contribution < -0.4 is 0 Å². The maximum absolute atomic E-state index is 9.55. The highest BCUT2D eigenvalue weighted by Gasteiger charge is 2.30. The second-order valence-corrected chi connectivity index (χ2v) is 4.50. The molecule has 2 rings (SSSR count). The van der Waals surface area contributed by atoms with Crippen molar-refractivity contribution >= 4 is 0 Å². The Bertz CT molecular complexity index is 170. The molecule has 2 atom stereocenters. The number of hydrogen-bond donors (Lipinski definition) is 2. The lowest BCUT2D eigenvalue weighted by molar-refractivity contribution is -0.000725. The minimum atomic E-state index is -0.277.